The second-order valence-electron chi connectivity index (χ2n) is 6.54. The number of esters is 2. The lowest BCUT2D eigenvalue weighted by Gasteiger charge is -2.42. The van der Waals surface area contributed by atoms with Crippen molar-refractivity contribution in [1.29, 1.82) is 0 Å². The van der Waals surface area contributed by atoms with Crippen LogP contribution in [-0.4, -0.2) is 36.3 Å². The Bertz CT molecular complexity index is 790. The normalized spacial score (nSPS) is 21.7. The Morgan fingerprint density at radius 2 is 1.79 bits per heavy atom. The fourth-order valence-corrected chi connectivity index (χ4v) is 3.77. The van der Waals surface area contributed by atoms with Crippen molar-refractivity contribution < 1.29 is 23.9 Å². The van der Waals surface area contributed by atoms with Crippen LogP contribution >= 0.6 is 11.9 Å². The van der Waals surface area contributed by atoms with Crippen LogP contribution in [0.5, 0.6) is 0 Å². The summed E-state index contributed by atoms with van der Waals surface area (Å²) in [5.74, 6) is -0.893. The van der Waals surface area contributed by atoms with Gasteiger partial charge in [0.2, 0.25) is 5.12 Å². The first-order valence-electron chi connectivity index (χ1n) is 9.14. The average molecular weight is 407 g/mol. The molecular formula is C20H26N2O5S. The van der Waals surface area contributed by atoms with Crippen molar-refractivity contribution in [3.8, 4) is 0 Å². The molecule has 0 radical (unpaired) electrons. The zero-order chi connectivity index (χ0) is 20.9. The van der Waals surface area contributed by atoms with Gasteiger partial charge in [-0.3, -0.25) is 14.7 Å². The van der Waals surface area contributed by atoms with Crippen molar-refractivity contribution in [2.75, 3.05) is 13.2 Å². The first kappa shape index (κ1) is 22.0. The van der Waals surface area contributed by atoms with Gasteiger partial charge in [0.05, 0.1) is 18.8 Å². The lowest BCUT2D eigenvalue weighted by molar-refractivity contribution is -0.152. The summed E-state index contributed by atoms with van der Waals surface area (Å²) in [6.07, 6.45) is 0.142. The first-order chi connectivity index (χ1) is 13.3. The summed E-state index contributed by atoms with van der Waals surface area (Å²) >= 11 is 0.632. The Balaban J connectivity index is 2.56. The van der Waals surface area contributed by atoms with Crippen LogP contribution in [0.2, 0.25) is 0 Å². The number of nitrogens with one attached hydrogen (secondary N) is 1. The maximum Gasteiger partial charge on any atom is 0.335 e. The van der Waals surface area contributed by atoms with Crippen LogP contribution < -0.4 is 10.5 Å². The lowest BCUT2D eigenvalue weighted by atomic mass is 9.68. The molecule has 0 spiro atoms. The summed E-state index contributed by atoms with van der Waals surface area (Å²) in [5, 5.41) is 8.31. The summed E-state index contributed by atoms with van der Waals surface area (Å²) in [6, 6.07) is 6.33. The number of ether oxygens (including phenoxy) is 2. The Morgan fingerprint density at radius 3 is 2.32 bits per heavy atom. The second kappa shape index (κ2) is 9.25. The zero-order valence-corrected chi connectivity index (χ0v) is 17.4. The summed E-state index contributed by atoms with van der Waals surface area (Å²) in [7, 11) is 0. The molecule has 2 atom stereocenters. The van der Waals surface area contributed by atoms with Gasteiger partial charge in [-0.15, -0.1) is 0 Å². The molecule has 8 heteroatoms. The van der Waals surface area contributed by atoms with Crippen LogP contribution in [0.4, 0.5) is 0 Å². The third kappa shape index (κ3) is 4.07. The molecule has 2 rings (SSSR count). The molecule has 0 aromatic heterocycles. The molecule has 0 fully saturated rings. The Hall–Kier alpha value is -2.32. The maximum absolute atomic E-state index is 13.1. The lowest BCUT2D eigenvalue weighted by Crippen LogP contribution is -2.56. The topological polar surface area (TPSA) is 108 Å². The van der Waals surface area contributed by atoms with Gasteiger partial charge in [0.1, 0.15) is 5.41 Å². The molecule has 0 saturated carbocycles. The van der Waals surface area contributed by atoms with Crippen molar-refractivity contribution in [2.24, 2.45) is 5.14 Å². The number of carbonyl (C=O) groups is 3. The smallest absolute Gasteiger partial charge is 0.335 e. The summed E-state index contributed by atoms with van der Waals surface area (Å²) in [4.78, 5) is 37.4. The van der Waals surface area contributed by atoms with E-state index in [2.05, 4.69) is 5.32 Å². The van der Waals surface area contributed by atoms with Gasteiger partial charge in [-0.05, 0) is 45.2 Å². The Kier molecular flexibility index (Phi) is 7.26. The van der Waals surface area contributed by atoms with Crippen LogP contribution in [0.1, 0.15) is 50.0 Å². The molecule has 152 valence electrons. The molecule has 1 heterocycles. The maximum atomic E-state index is 13.1. The monoisotopic (exact) mass is 406 g/mol. The number of hydrogen-bond donors (Lipinski definition) is 2. The number of benzene rings is 1. The van der Waals surface area contributed by atoms with E-state index in [1.807, 2.05) is 6.92 Å². The first-order valence-corrected chi connectivity index (χ1v) is 10.0. The van der Waals surface area contributed by atoms with E-state index in [0.717, 1.165) is 0 Å². The van der Waals surface area contributed by atoms with Crippen LogP contribution in [0.15, 0.2) is 35.5 Å². The standard InChI is InChI=1S/C20H26N2O5S/c1-5-26-17(23)16-11-20(19(25)27-6-2,13(4)22-12(16)3)15-9-7-14(8-10-15)18(24)28-21/h7-10,13,22H,5-6,11,21H2,1-4H3. The highest BCUT2D eigenvalue weighted by Crippen LogP contribution is 2.41. The minimum atomic E-state index is -1.13. The Morgan fingerprint density at radius 1 is 1.18 bits per heavy atom. The van der Waals surface area contributed by atoms with Gasteiger partial charge in [-0.2, -0.15) is 0 Å². The van der Waals surface area contributed by atoms with Crippen LogP contribution in [0.25, 0.3) is 0 Å². The summed E-state index contributed by atoms with van der Waals surface area (Å²) in [5.41, 5.74) is 1.04. The van der Waals surface area contributed by atoms with E-state index >= 15 is 0 Å². The molecule has 7 nitrogen and oxygen atoms in total. The predicted molar refractivity (Wildman–Crippen MR) is 107 cm³/mol. The van der Waals surface area contributed by atoms with Gasteiger partial charge in [-0.25, -0.2) is 4.79 Å². The number of allylic oxidation sites excluding steroid dienone is 1. The SMILES string of the molecule is CCOC(=O)C1=C(C)NC(C)C(C(=O)OCC)(c2ccc(C(=O)SN)cc2)C1. The fourth-order valence-electron chi connectivity index (χ4n) is 3.49. The van der Waals surface area contributed by atoms with Gasteiger partial charge in [0.25, 0.3) is 0 Å². The van der Waals surface area contributed by atoms with E-state index in [4.69, 9.17) is 14.6 Å². The number of hydrogen-bond acceptors (Lipinski definition) is 8. The molecule has 1 aliphatic heterocycles. The largest absolute Gasteiger partial charge is 0.465 e. The molecule has 0 bridgehead atoms. The molecule has 1 aromatic carbocycles. The third-order valence-corrected chi connectivity index (χ3v) is 5.43. The van der Waals surface area contributed by atoms with Crippen molar-refractivity contribution in [1.82, 2.24) is 5.32 Å². The van der Waals surface area contributed by atoms with E-state index in [1.165, 1.54) is 0 Å². The van der Waals surface area contributed by atoms with E-state index < -0.39 is 17.4 Å². The average Bonchev–Trinajstić information content (AvgIpc) is 2.68. The zero-order valence-electron chi connectivity index (χ0n) is 16.5. The molecule has 1 aliphatic rings. The van der Waals surface area contributed by atoms with E-state index in [1.54, 1.807) is 45.0 Å². The molecule has 3 N–H and O–H groups in total. The fraction of sp³-hybridized carbons (Fsp3) is 0.450. The van der Waals surface area contributed by atoms with Gasteiger partial charge >= 0.3 is 11.9 Å². The summed E-state index contributed by atoms with van der Waals surface area (Å²) < 4.78 is 10.6. The molecule has 2 unspecified atom stereocenters. The van der Waals surface area contributed by atoms with Crippen molar-refractivity contribution in [2.45, 2.75) is 45.6 Å². The highest BCUT2D eigenvalue weighted by Gasteiger charge is 2.51. The van der Waals surface area contributed by atoms with Crippen LogP contribution in [-0.2, 0) is 24.5 Å². The van der Waals surface area contributed by atoms with Gasteiger partial charge in [0.15, 0.2) is 0 Å². The molecule has 0 saturated heterocycles. The van der Waals surface area contributed by atoms with E-state index in [-0.39, 0.29) is 30.8 Å². The van der Waals surface area contributed by atoms with E-state index in [0.29, 0.717) is 34.3 Å². The minimum absolute atomic E-state index is 0.142. The molecule has 28 heavy (non-hydrogen) atoms. The number of carbonyl (C=O) groups excluding carboxylic acids is 3. The van der Waals surface area contributed by atoms with Gasteiger partial charge in [0, 0.05) is 23.7 Å². The number of rotatable bonds is 6. The number of nitrogens with two attached hydrogens (primary N) is 1. The minimum Gasteiger partial charge on any atom is -0.465 e. The predicted octanol–water partition coefficient (Wildman–Crippen LogP) is 2.45. The Labute approximate surface area is 169 Å². The van der Waals surface area contributed by atoms with Crippen LogP contribution in [0, 0.1) is 0 Å². The highest BCUT2D eigenvalue weighted by molar-refractivity contribution is 8.12. The summed E-state index contributed by atoms with van der Waals surface area (Å²) in [6.45, 7) is 7.59. The molecule has 1 aromatic rings. The van der Waals surface area contributed by atoms with Crippen molar-refractivity contribution in [3.63, 3.8) is 0 Å². The third-order valence-electron chi connectivity index (χ3n) is 4.98. The van der Waals surface area contributed by atoms with Crippen molar-refractivity contribution in [3.05, 3.63) is 46.7 Å². The van der Waals surface area contributed by atoms with Crippen molar-refractivity contribution >= 4 is 29.0 Å². The second-order valence-corrected chi connectivity index (χ2v) is 7.15. The molecule has 0 aliphatic carbocycles. The quantitative estimate of drug-likeness (QED) is 0.548. The van der Waals surface area contributed by atoms with Crippen LogP contribution in [0.3, 0.4) is 0 Å². The van der Waals surface area contributed by atoms with E-state index in [9.17, 15) is 14.4 Å². The van der Waals surface area contributed by atoms with Gasteiger partial charge in [-0.1, -0.05) is 24.3 Å². The molecular weight excluding hydrogens is 380 g/mol. The molecule has 0 amide bonds. The highest BCUT2D eigenvalue weighted by atomic mass is 32.2. The van der Waals surface area contributed by atoms with Gasteiger partial charge < -0.3 is 14.8 Å².